The lowest BCUT2D eigenvalue weighted by Crippen LogP contribution is -2.03. The average Bonchev–Trinajstić information content (AvgIpc) is 2.26. The predicted octanol–water partition coefficient (Wildman–Crippen LogP) is 2.84. The molecule has 0 aliphatic heterocycles. The Labute approximate surface area is 95.2 Å². The summed E-state index contributed by atoms with van der Waals surface area (Å²) in [6, 6.07) is 6.07. The van der Waals surface area contributed by atoms with Crippen LogP contribution in [0.15, 0.2) is 18.2 Å². The van der Waals surface area contributed by atoms with Gasteiger partial charge in [-0.3, -0.25) is 4.79 Å². The van der Waals surface area contributed by atoms with Crippen LogP contribution in [0.5, 0.6) is 0 Å². The van der Waals surface area contributed by atoms with Gasteiger partial charge in [-0.25, -0.2) is 0 Å². The van der Waals surface area contributed by atoms with Gasteiger partial charge < -0.3 is 4.74 Å². The minimum atomic E-state index is -0.171. The molecule has 0 amide bonds. The Hall–Kier alpha value is -1.02. The molecule has 0 bridgehead atoms. The van der Waals surface area contributed by atoms with Crippen molar-refractivity contribution in [2.75, 3.05) is 7.11 Å². The highest BCUT2D eigenvalue weighted by molar-refractivity contribution is 6.17. The fourth-order valence-corrected chi connectivity index (χ4v) is 1.63. The lowest BCUT2D eigenvalue weighted by atomic mass is 10.0. The first-order valence-corrected chi connectivity index (χ1v) is 5.42. The van der Waals surface area contributed by atoms with Gasteiger partial charge in [0.1, 0.15) is 0 Å². The molecule has 0 spiro atoms. The largest absolute Gasteiger partial charge is 0.469 e. The summed E-state index contributed by atoms with van der Waals surface area (Å²) < 4.78 is 4.60. The minimum absolute atomic E-state index is 0.171. The van der Waals surface area contributed by atoms with Crippen molar-refractivity contribution in [2.45, 2.75) is 25.6 Å². The maximum atomic E-state index is 11.0. The van der Waals surface area contributed by atoms with Crippen molar-refractivity contribution in [3.63, 3.8) is 0 Å². The molecule has 0 unspecified atom stereocenters. The molecule has 0 atom stereocenters. The van der Waals surface area contributed by atoms with Crippen LogP contribution in [-0.2, 0) is 21.8 Å². The molecule has 0 saturated heterocycles. The van der Waals surface area contributed by atoms with Crippen molar-refractivity contribution < 1.29 is 9.53 Å². The number of aryl methyl sites for hydroxylation is 2. The molecule has 0 aromatic heterocycles. The highest BCUT2D eigenvalue weighted by Gasteiger charge is 2.04. The molecule has 0 aliphatic rings. The summed E-state index contributed by atoms with van der Waals surface area (Å²) in [5.41, 5.74) is 3.46. The lowest BCUT2D eigenvalue weighted by Gasteiger charge is -2.06. The van der Waals surface area contributed by atoms with Crippen LogP contribution in [0.1, 0.15) is 23.1 Å². The Kier molecular flexibility index (Phi) is 4.63. The topological polar surface area (TPSA) is 26.3 Å². The van der Waals surface area contributed by atoms with Gasteiger partial charge in [-0.1, -0.05) is 18.2 Å². The summed E-state index contributed by atoms with van der Waals surface area (Å²) in [6.07, 6.45) is 1.15. The zero-order valence-corrected chi connectivity index (χ0v) is 9.80. The second-order valence-corrected chi connectivity index (χ2v) is 3.74. The Morgan fingerprint density at radius 1 is 1.47 bits per heavy atom. The molecule has 3 heteroatoms. The van der Waals surface area contributed by atoms with Gasteiger partial charge in [0.25, 0.3) is 0 Å². The van der Waals surface area contributed by atoms with E-state index in [1.165, 1.54) is 18.2 Å². The highest BCUT2D eigenvalue weighted by atomic mass is 35.5. The van der Waals surface area contributed by atoms with Gasteiger partial charge in [0.15, 0.2) is 0 Å². The van der Waals surface area contributed by atoms with E-state index in [2.05, 4.69) is 10.8 Å². The number of alkyl halides is 1. The molecule has 2 nitrogen and oxygen atoms in total. The maximum absolute atomic E-state index is 11.0. The molecule has 0 radical (unpaired) electrons. The molecular weight excluding hydrogens is 212 g/mol. The third-order valence-corrected chi connectivity index (χ3v) is 2.70. The van der Waals surface area contributed by atoms with Crippen molar-refractivity contribution in [3.8, 4) is 0 Å². The van der Waals surface area contributed by atoms with Crippen LogP contribution in [0.4, 0.5) is 0 Å². The lowest BCUT2D eigenvalue weighted by molar-refractivity contribution is -0.140. The zero-order chi connectivity index (χ0) is 11.3. The molecule has 0 aliphatic carbocycles. The van der Waals surface area contributed by atoms with Crippen molar-refractivity contribution >= 4 is 17.6 Å². The fraction of sp³-hybridized carbons (Fsp3) is 0.417. The van der Waals surface area contributed by atoms with Crippen molar-refractivity contribution in [1.82, 2.24) is 0 Å². The monoisotopic (exact) mass is 226 g/mol. The number of carbonyl (C=O) groups excluding carboxylic acids is 1. The fourth-order valence-electron chi connectivity index (χ4n) is 1.46. The molecule has 0 heterocycles. The second-order valence-electron chi connectivity index (χ2n) is 3.47. The molecule has 15 heavy (non-hydrogen) atoms. The summed E-state index contributed by atoms with van der Waals surface area (Å²) in [4.78, 5) is 11.0. The third kappa shape index (κ3) is 3.56. The van der Waals surface area contributed by atoms with E-state index < -0.39 is 0 Å². The normalized spacial score (nSPS) is 10.1. The number of rotatable bonds is 4. The summed E-state index contributed by atoms with van der Waals surface area (Å²) in [6.45, 7) is 2.03. The molecular formula is C12H15ClO2. The quantitative estimate of drug-likeness (QED) is 0.583. The van der Waals surface area contributed by atoms with E-state index in [4.69, 9.17) is 11.6 Å². The second kappa shape index (κ2) is 5.76. The Morgan fingerprint density at radius 2 is 2.20 bits per heavy atom. The number of esters is 1. The summed E-state index contributed by atoms with van der Waals surface area (Å²) in [5, 5.41) is 0. The molecule has 1 aromatic rings. The van der Waals surface area contributed by atoms with Crippen molar-refractivity contribution in [1.29, 1.82) is 0 Å². The van der Waals surface area contributed by atoms with E-state index in [0.29, 0.717) is 12.3 Å². The van der Waals surface area contributed by atoms with Gasteiger partial charge in [-0.05, 0) is 30.0 Å². The third-order valence-electron chi connectivity index (χ3n) is 2.39. The van der Waals surface area contributed by atoms with Crippen LogP contribution in [0.25, 0.3) is 0 Å². The number of methoxy groups -OCH3 is 1. The first-order valence-electron chi connectivity index (χ1n) is 4.88. The SMILES string of the molecule is COC(=O)CCc1ccc(CCl)cc1C. The van der Waals surface area contributed by atoms with Crippen LogP contribution in [0.2, 0.25) is 0 Å². The molecule has 82 valence electrons. The molecule has 0 N–H and O–H groups in total. The Balaban J connectivity index is 2.66. The number of carbonyl (C=O) groups is 1. The average molecular weight is 227 g/mol. The smallest absolute Gasteiger partial charge is 0.305 e. The maximum Gasteiger partial charge on any atom is 0.305 e. The van der Waals surface area contributed by atoms with Gasteiger partial charge in [-0.15, -0.1) is 11.6 Å². The Bertz CT molecular complexity index is 347. The van der Waals surface area contributed by atoms with Crippen molar-refractivity contribution in [2.24, 2.45) is 0 Å². The van der Waals surface area contributed by atoms with Crippen molar-refractivity contribution in [3.05, 3.63) is 34.9 Å². The zero-order valence-electron chi connectivity index (χ0n) is 9.05. The van der Waals surface area contributed by atoms with Crippen LogP contribution in [-0.4, -0.2) is 13.1 Å². The number of ether oxygens (including phenoxy) is 1. The standard InChI is InChI=1S/C12H15ClO2/c1-9-7-10(8-13)3-4-11(9)5-6-12(14)15-2/h3-4,7H,5-6,8H2,1-2H3. The number of hydrogen-bond donors (Lipinski definition) is 0. The number of hydrogen-bond acceptors (Lipinski definition) is 2. The van der Waals surface area contributed by atoms with E-state index in [1.807, 2.05) is 19.1 Å². The van der Waals surface area contributed by atoms with Crippen LogP contribution in [0, 0.1) is 6.92 Å². The van der Waals surface area contributed by atoms with Crippen LogP contribution < -0.4 is 0 Å². The van der Waals surface area contributed by atoms with Crippen LogP contribution >= 0.6 is 11.6 Å². The summed E-state index contributed by atoms with van der Waals surface area (Å²) >= 11 is 5.73. The van der Waals surface area contributed by atoms with E-state index >= 15 is 0 Å². The van der Waals surface area contributed by atoms with Gasteiger partial charge in [0.05, 0.1) is 7.11 Å². The van der Waals surface area contributed by atoms with E-state index in [1.54, 1.807) is 0 Å². The van der Waals surface area contributed by atoms with Gasteiger partial charge in [-0.2, -0.15) is 0 Å². The first-order chi connectivity index (χ1) is 7.17. The number of benzene rings is 1. The van der Waals surface area contributed by atoms with E-state index in [-0.39, 0.29) is 5.97 Å². The predicted molar refractivity (Wildman–Crippen MR) is 61.1 cm³/mol. The molecule has 1 aromatic carbocycles. The summed E-state index contributed by atoms with van der Waals surface area (Å²) in [5.74, 6) is 0.355. The minimum Gasteiger partial charge on any atom is -0.469 e. The summed E-state index contributed by atoms with van der Waals surface area (Å²) in [7, 11) is 1.41. The molecule has 0 saturated carbocycles. The molecule has 0 fully saturated rings. The van der Waals surface area contributed by atoms with E-state index in [9.17, 15) is 4.79 Å². The van der Waals surface area contributed by atoms with Gasteiger partial charge >= 0.3 is 5.97 Å². The van der Waals surface area contributed by atoms with Gasteiger partial charge in [0.2, 0.25) is 0 Å². The first kappa shape index (κ1) is 12.1. The van der Waals surface area contributed by atoms with Gasteiger partial charge in [0, 0.05) is 12.3 Å². The number of halogens is 1. The van der Waals surface area contributed by atoms with E-state index in [0.717, 1.165) is 12.0 Å². The highest BCUT2D eigenvalue weighted by Crippen LogP contribution is 2.14. The Morgan fingerprint density at radius 3 is 2.73 bits per heavy atom. The molecule has 1 rings (SSSR count). The van der Waals surface area contributed by atoms with Crippen LogP contribution in [0.3, 0.4) is 0 Å².